The summed E-state index contributed by atoms with van der Waals surface area (Å²) >= 11 is 0. The van der Waals surface area contributed by atoms with Gasteiger partial charge in [0.2, 0.25) is 0 Å². The van der Waals surface area contributed by atoms with E-state index in [1.165, 1.54) is 22.2 Å². The minimum atomic E-state index is -0.317. The fourth-order valence-corrected chi connectivity index (χ4v) is 3.95. The predicted molar refractivity (Wildman–Crippen MR) is 97.4 cm³/mol. The van der Waals surface area contributed by atoms with Crippen LogP contribution in [0.4, 0.5) is 0 Å². The molecule has 0 aliphatic carbocycles. The number of benzene rings is 1. The lowest BCUT2D eigenvalue weighted by molar-refractivity contribution is 0.137. The number of aliphatic hydroxyl groups excluding tert-OH is 1. The van der Waals surface area contributed by atoms with Gasteiger partial charge in [0.1, 0.15) is 5.76 Å². The van der Waals surface area contributed by atoms with E-state index in [9.17, 15) is 5.11 Å². The molecule has 1 aromatic carbocycles. The third-order valence-electron chi connectivity index (χ3n) is 5.31. The van der Waals surface area contributed by atoms with Crippen molar-refractivity contribution in [2.24, 2.45) is 13.0 Å². The highest BCUT2D eigenvalue weighted by molar-refractivity contribution is 5.82. The van der Waals surface area contributed by atoms with E-state index in [1.807, 2.05) is 13.0 Å². The highest BCUT2D eigenvalue weighted by Gasteiger charge is 2.32. The molecule has 0 spiro atoms. The molecule has 132 valence electrons. The maximum Gasteiger partial charge on any atom is 0.137 e. The van der Waals surface area contributed by atoms with Gasteiger partial charge in [-0.3, -0.25) is 4.90 Å². The molecule has 25 heavy (non-hydrogen) atoms. The Kier molecular flexibility index (Phi) is 4.13. The fraction of sp³-hybridized carbons (Fsp3) is 0.450. The van der Waals surface area contributed by atoms with Crippen LogP contribution in [-0.2, 0) is 20.0 Å². The monoisotopic (exact) mass is 339 g/mol. The molecule has 1 fully saturated rings. The van der Waals surface area contributed by atoms with Crippen LogP contribution in [0.3, 0.4) is 0 Å². The molecule has 3 aromatic rings. The quantitative estimate of drug-likeness (QED) is 0.794. The SMILES string of the molecule is Cc1ccc2c(c1)cc(CN1C[C@@H](Cc3cc(C)no3)[C@H](O)C1)n2C. The summed E-state index contributed by atoms with van der Waals surface area (Å²) in [4.78, 5) is 2.33. The molecule has 2 aromatic heterocycles. The Morgan fingerprint density at radius 1 is 1.20 bits per heavy atom. The number of fused-ring (bicyclic) bond motifs is 1. The van der Waals surface area contributed by atoms with E-state index in [2.05, 4.69) is 52.9 Å². The second kappa shape index (κ2) is 6.32. The van der Waals surface area contributed by atoms with E-state index >= 15 is 0 Å². The van der Waals surface area contributed by atoms with E-state index in [0.29, 0.717) is 6.54 Å². The summed E-state index contributed by atoms with van der Waals surface area (Å²) in [6.07, 6.45) is 0.426. The Morgan fingerprint density at radius 2 is 2.04 bits per heavy atom. The summed E-state index contributed by atoms with van der Waals surface area (Å²) in [5, 5.41) is 15.7. The Bertz CT molecular complexity index is 896. The summed E-state index contributed by atoms with van der Waals surface area (Å²) in [5.41, 5.74) is 4.71. The number of aryl methyl sites for hydroxylation is 3. The van der Waals surface area contributed by atoms with E-state index < -0.39 is 0 Å². The first-order valence-corrected chi connectivity index (χ1v) is 8.87. The van der Waals surface area contributed by atoms with Crippen LogP contribution in [0.5, 0.6) is 0 Å². The molecule has 0 bridgehead atoms. The summed E-state index contributed by atoms with van der Waals surface area (Å²) in [5.74, 6) is 1.06. The van der Waals surface area contributed by atoms with Gasteiger partial charge in [0.25, 0.3) is 0 Å². The zero-order valence-electron chi connectivity index (χ0n) is 15.1. The van der Waals surface area contributed by atoms with Crippen LogP contribution in [0.1, 0.15) is 22.7 Å². The van der Waals surface area contributed by atoms with Crippen LogP contribution in [0, 0.1) is 19.8 Å². The molecular formula is C20H25N3O2. The van der Waals surface area contributed by atoms with Gasteiger partial charge in [0.05, 0.1) is 11.8 Å². The van der Waals surface area contributed by atoms with Crippen molar-refractivity contribution in [1.29, 1.82) is 0 Å². The fourth-order valence-electron chi connectivity index (χ4n) is 3.95. The second-order valence-corrected chi connectivity index (χ2v) is 7.42. The molecular weight excluding hydrogens is 314 g/mol. The van der Waals surface area contributed by atoms with Gasteiger partial charge in [-0.1, -0.05) is 16.8 Å². The van der Waals surface area contributed by atoms with Crippen LogP contribution in [0.2, 0.25) is 0 Å². The highest BCUT2D eigenvalue weighted by atomic mass is 16.5. The molecule has 5 heteroatoms. The summed E-state index contributed by atoms with van der Waals surface area (Å²) in [7, 11) is 2.12. The topological polar surface area (TPSA) is 54.4 Å². The van der Waals surface area contributed by atoms with Crippen LogP contribution < -0.4 is 0 Å². The van der Waals surface area contributed by atoms with Crippen molar-refractivity contribution in [3.05, 3.63) is 53.0 Å². The summed E-state index contributed by atoms with van der Waals surface area (Å²) in [6, 6.07) is 10.8. The Labute approximate surface area is 147 Å². The van der Waals surface area contributed by atoms with Gasteiger partial charge in [-0.05, 0) is 32.0 Å². The zero-order valence-corrected chi connectivity index (χ0v) is 15.1. The zero-order chi connectivity index (χ0) is 17.6. The van der Waals surface area contributed by atoms with Gasteiger partial charge in [-0.2, -0.15) is 0 Å². The van der Waals surface area contributed by atoms with Crippen molar-refractivity contribution in [3.63, 3.8) is 0 Å². The van der Waals surface area contributed by atoms with Crippen molar-refractivity contribution < 1.29 is 9.63 Å². The lowest BCUT2D eigenvalue weighted by atomic mass is 10.0. The molecule has 5 nitrogen and oxygen atoms in total. The second-order valence-electron chi connectivity index (χ2n) is 7.42. The average Bonchev–Trinajstić information content (AvgIpc) is 3.20. The number of hydrogen-bond donors (Lipinski definition) is 1. The Balaban J connectivity index is 1.47. The number of nitrogens with zero attached hydrogens (tertiary/aromatic N) is 3. The van der Waals surface area contributed by atoms with Gasteiger partial charge in [-0.25, -0.2) is 0 Å². The Morgan fingerprint density at radius 3 is 2.80 bits per heavy atom. The molecule has 1 aliphatic rings. The normalized spacial score (nSPS) is 21.4. The molecule has 1 saturated heterocycles. The van der Waals surface area contributed by atoms with E-state index in [0.717, 1.165) is 31.0 Å². The smallest absolute Gasteiger partial charge is 0.137 e. The minimum Gasteiger partial charge on any atom is -0.391 e. The largest absolute Gasteiger partial charge is 0.391 e. The van der Waals surface area contributed by atoms with Crippen molar-refractivity contribution in [2.75, 3.05) is 13.1 Å². The van der Waals surface area contributed by atoms with Crippen molar-refractivity contribution in [2.45, 2.75) is 32.9 Å². The van der Waals surface area contributed by atoms with E-state index in [-0.39, 0.29) is 12.0 Å². The standard InChI is InChI=1S/C20H25N3O2/c1-13-4-5-19-15(6-13)8-17(22(19)3)11-23-10-16(20(24)12-23)9-18-7-14(2)21-25-18/h4-8,16,20,24H,9-12H2,1-3H3/t16-,20-/m1/s1. The third-order valence-corrected chi connectivity index (χ3v) is 5.31. The molecule has 0 unspecified atom stereocenters. The van der Waals surface area contributed by atoms with Crippen LogP contribution >= 0.6 is 0 Å². The molecule has 1 aliphatic heterocycles. The van der Waals surface area contributed by atoms with Crippen LogP contribution in [0.15, 0.2) is 34.9 Å². The summed E-state index contributed by atoms with van der Waals surface area (Å²) in [6.45, 7) is 6.48. The van der Waals surface area contributed by atoms with E-state index in [4.69, 9.17) is 4.52 Å². The number of aromatic nitrogens is 2. The lowest BCUT2D eigenvalue weighted by Crippen LogP contribution is -2.22. The van der Waals surface area contributed by atoms with Crippen molar-refractivity contribution in [1.82, 2.24) is 14.6 Å². The first-order chi connectivity index (χ1) is 12.0. The van der Waals surface area contributed by atoms with Crippen molar-refractivity contribution >= 4 is 10.9 Å². The molecule has 0 saturated carbocycles. The maximum absolute atomic E-state index is 10.4. The van der Waals surface area contributed by atoms with E-state index in [1.54, 1.807) is 0 Å². The van der Waals surface area contributed by atoms with Gasteiger partial charge in [0.15, 0.2) is 0 Å². The highest BCUT2D eigenvalue weighted by Crippen LogP contribution is 2.26. The molecule has 1 N–H and O–H groups in total. The number of rotatable bonds is 4. The predicted octanol–water partition coefficient (Wildman–Crippen LogP) is 2.82. The van der Waals surface area contributed by atoms with Crippen molar-refractivity contribution in [3.8, 4) is 0 Å². The minimum absolute atomic E-state index is 0.198. The van der Waals surface area contributed by atoms with Gasteiger partial charge >= 0.3 is 0 Å². The lowest BCUT2D eigenvalue weighted by Gasteiger charge is -2.16. The van der Waals surface area contributed by atoms with Gasteiger partial charge in [-0.15, -0.1) is 0 Å². The first-order valence-electron chi connectivity index (χ1n) is 8.87. The van der Waals surface area contributed by atoms with Crippen LogP contribution in [0.25, 0.3) is 10.9 Å². The average molecular weight is 339 g/mol. The molecule has 0 amide bonds. The maximum atomic E-state index is 10.4. The number of hydrogen-bond acceptors (Lipinski definition) is 4. The third kappa shape index (κ3) is 3.22. The number of aliphatic hydroxyl groups is 1. The molecule has 2 atom stereocenters. The van der Waals surface area contributed by atoms with Gasteiger partial charge < -0.3 is 14.2 Å². The van der Waals surface area contributed by atoms with Gasteiger partial charge in [0, 0.05) is 61.7 Å². The Hall–Kier alpha value is -2.11. The number of likely N-dealkylation sites (tertiary alicyclic amines) is 1. The molecule has 3 heterocycles. The van der Waals surface area contributed by atoms with Crippen LogP contribution in [-0.4, -0.2) is 38.9 Å². The number of β-amino-alcohol motifs (C(OH)–C–C–N with tert-alkyl or cyclic N) is 1. The first kappa shape index (κ1) is 16.4. The molecule has 4 rings (SSSR count). The summed E-state index contributed by atoms with van der Waals surface area (Å²) < 4.78 is 7.57. The molecule has 0 radical (unpaired) electrons.